The van der Waals surface area contributed by atoms with Crippen molar-refractivity contribution in [3.8, 4) is 5.75 Å². The predicted molar refractivity (Wildman–Crippen MR) is 96.9 cm³/mol. The zero-order chi connectivity index (χ0) is 19.3. The number of aliphatic carboxylic acids is 1. The van der Waals surface area contributed by atoms with Crippen LogP contribution in [0.1, 0.15) is 0 Å². The summed E-state index contributed by atoms with van der Waals surface area (Å²) < 4.78 is 9.03. The fourth-order valence-corrected chi connectivity index (χ4v) is 3.43. The lowest BCUT2D eigenvalue weighted by Gasteiger charge is -2.18. The Morgan fingerprint density at radius 2 is 2.00 bits per heavy atom. The number of nitrogens with zero attached hydrogens (tertiary/aromatic N) is 5. The molecule has 4 rings (SSSR count). The number of ether oxygens (including phenoxy) is 1. The molecule has 3 heterocycles. The fourth-order valence-electron chi connectivity index (χ4n) is 3.43. The molecule has 140 valence electrons. The number of imidazole rings is 1. The molecule has 1 aliphatic heterocycles. The molecule has 0 saturated heterocycles. The molecule has 1 N–H and O–H groups in total. The van der Waals surface area contributed by atoms with Crippen LogP contribution in [0.5, 0.6) is 5.75 Å². The third-order valence-electron chi connectivity index (χ3n) is 4.67. The van der Waals surface area contributed by atoms with E-state index >= 15 is 0 Å². The van der Waals surface area contributed by atoms with Crippen molar-refractivity contribution in [3.05, 3.63) is 45.1 Å². The monoisotopic (exact) mass is 371 g/mol. The van der Waals surface area contributed by atoms with E-state index in [4.69, 9.17) is 9.84 Å². The maximum Gasteiger partial charge on any atom is 0.333 e. The van der Waals surface area contributed by atoms with Crippen molar-refractivity contribution in [1.82, 2.24) is 18.7 Å². The number of aryl methyl sites for hydroxylation is 1. The van der Waals surface area contributed by atoms with Gasteiger partial charge in [0.25, 0.3) is 5.56 Å². The van der Waals surface area contributed by atoms with Crippen molar-refractivity contribution in [2.45, 2.75) is 13.1 Å². The molecule has 0 aliphatic carbocycles. The minimum Gasteiger partial charge on any atom is -0.495 e. The minimum atomic E-state index is -1.26. The summed E-state index contributed by atoms with van der Waals surface area (Å²) in [6, 6.07) is 7.44. The van der Waals surface area contributed by atoms with E-state index in [2.05, 4.69) is 4.98 Å². The Labute approximate surface area is 152 Å². The first kappa shape index (κ1) is 16.9. The molecule has 1 aliphatic rings. The molecular formula is C17H17N5O5. The topological polar surface area (TPSA) is 112 Å². The van der Waals surface area contributed by atoms with Gasteiger partial charge >= 0.3 is 11.7 Å². The van der Waals surface area contributed by atoms with Crippen LogP contribution >= 0.6 is 0 Å². The molecule has 3 aromatic rings. The highest BCUT2D eigenvalue weighted by molar-refractivity contribution is 5.79. The molecule has 0 fully saturated rings. The van der Waals surface area contributed by atoms with Crippen molar-refractivity contribution in [2.75, 3.05) is 18.6 Å². The Bertz CT molecular complexity index is 1190. The van der Waals surface area contributed by atoms with Gasteiger partial charge in [0.15, 0.2) is 11.2 Å². The van der Waals surface area contributed by atoms with Crippen LogP contribution in [-0.4, -0.2) is 43.4 Å². The number of aromatic nitrogens is 4. The normalized spacial score (nSPS) is 13.2. The molecule has 2 aromatic heterocycles. The molecule has 0 saturated carbocycles. The lowest BCUT2D eigenvalue weighted by Crippen LogP contribution is -2.41. The number of hydrogen-bond donors (Lipinski definition) is 1. The highest BCUT2D eigenvalue weighted by atomic mass is 16.5. The summed E-state index contributed by atoms with van der Waals surface area (Å²) in [7, 11) is 3.05. The highest BCUT2D eigenvalue weighted by Crippen LogP contribution is 2.36. The quantitative estimate of drug-likeness (QED) is 0.694. The molecule has 0 spiro atoms. The number of para-hydroxylation sites is 2. The maximum absolute atomic E-state index is 12.8. The van der Waals surface area contributed by atoms with Gasteiger partial charge in [0, 0.05) is 20.1 Å². The van der Waals surface area contributed by atoms with Crippen molar-refractivity contribution < 1.29 is 14.6 Å². The van der Waals surface area contributed by atoms with Gasteiger partial charge in [-0.2, -0.15) is 4.98 Å². The molecule has 27 heavy (non-hydrogen) atoms. The first-order valence-corrected chi connectivity index (χ1v) is 8.26. The number of hydrogen-bond acceptors (Lipinski definition) is 6. The molecule has 0 atom stereocenters. The van der Waals surface area contributed by atoms with Crippen molar-refractivity contribution in [2.24, 2.45) is 7.05 Å². The van der Waals surface area contributed by atoms with Gasteiger partial charge in [0.1, 0.15) is 12.3 Å². The summed E-state index contributed by atoms with van der Waals surface area (Å²) in [5, 5.41) is 9.02. The van der Waals surface area contributed by atoms with Gasteiger partial charge in [-0.15, -0.1) is 0 Å². The van der Waals surface area contributed by atoms with Gasteiger partial charge in [-0.1, -0.05) is 12.1 Å². The molecule has 10 nitrogen and oxygen atoms in total. The Morgan fingerprint density at radius 3 is 2.70 bits per heavy atom. The first-order chi connectivity index (χ1) is 12.9. The number of carboxylic acids is 1. The Kier molecular flexibility index (Phi) is 3.76. The Hall–Kier alpha value is -3.56. The number of methoxy groups -OCH3 is 1. The van der Waals surface area contributed by atoms with Crippen LogP contribution in [0.2, 0.25) is 0 Å². The third-order valence-corrected chi connectivity index (χ3v) is 4.67. The SMILES string of the molecule is COc1ccccc1N1CCn2c1nc1c2c(=O)n(CC(=O)O)c(=O)n1C. The number of carbonyl (C=O) groups is 1. The van der Waals surface area contributed by atoms with E-state index in [1.807, 2.05) is 29.2 Å². The maximum atomic E-state index is 12.8. The molecule has 10 heteroatoms. The van der Waals surface area contributed by atoms with Crippen LogP contribution in [0.4, 0.5) is 11.6 Å². The summed E-state index contributed by atoms with van der Waals surface area (Å²) in [6.07, 6.45) is 0. The van der Waals surface area contributed by atoms with Crippen molar-refractivity contribution in [1.29, 1.82) is 0 Å². The van der Waals surface area contributed by atoms with Crippen molar-refractivity contribution in [3.63, 3.8) is 0 Å². The molecule has 0 bridgehead atoms. The number of anilines is 2. The standard InChI is InChI=1S/C17H17N5O5/c1-19-14-13(15(25)22(17(19)26)9-12(23)24)21-8-7-20(16(21)18-14)10-5-3-4-6-11(10)27-2/h3-6H,7-9H2,1-2H3,(H,23,24). The second-order valence-electron chi connectivity index (χ2n) is 6.19. The number of rotatable bonds is 4. The summed E-state index contributed by atoms with van der Waals surface area (Å²) in [5.41, 5.74) is -0.136. The third kappa shape index (κ3) is 2.40. The van der Waals surface area contributed by atoms with E-state index in [0.29, 0.717) is 29.4 Å². The van der Waals surface area contributed by atoms with E-state index in [0.717, 1.165) is 5.69 Å². The van der Waals surface area contributed by atoms with Gasteiger partial charge < -0.3 is 19.3 Å². The van der Waals surface area contributed by atoms with Gasteiger partial charge in [-0.25, -0.2) is 9.36 Å². The Morgan fingerprint density at radius 1 is 1.26 bits per heavy atom. The number of fused-ring (bicyclic) bond motifs is 3. The summed E-state index contributed by atoms with van der Waals surface area (Å²) >= 11 is 0. The van der Waals surface area contributed by atoms with Crippen LogP contribution in [0.15, 0.2) is 33.9 Å². The van der Waals surface area contributed by atoms with Gasteiger partial charge in [-0.05, 0) is 12.1 Å². The van der Waals surface area contributed by atoms with Crippen LogP contribution in [-0.2, 0) is 24.9 Å². The molecular weight excluding hydrogens is 354 g/mol. The van der Waals surface area contributed by atoms with E-state index in [1.165, 1.54) is 11.6 Å². The molecule has 1 aromatic carbocycles. The lowest BCUT2D eigenvalue weighted by molar-refractivity contribution is -0.137. The molecule has 0 radical (unpaired) electrons. The van der Waals surface area contributed by atoms with Crippen LogP contribution in [0.25, 0.3) is 11.2 Å². The summed E-state index contributed by atoms with van der Waals surface area (Å²) in [4.78, 5) is 42.7. The van der Waals surface area contributed by atoms with Crippen LogP contribution in [0, 0.1) is 0 Å². The van der Waals surface area contributed by atoms with Gasteiger partial charge in [0.2, 0.25) is 5.95 Å². The number of carboxylic acid groups (broad SMARTS) is 1. The second-order valence-corrected chi connectivity index (χ2v) is 6.19. The smallest absolute Gasteiger partial charge is 0.333 e. The summed E-state index contributed by atoms with van der Waals surface area (Å²) in [5.74, 6) is -0.0878. The zero-order valence-electron chi connectivity index (χ0n) is 14.7. The van der Waals surface area contributed by atoms with Gasteiger partial charge in [0.05, 0.1) is 12.8 Å². The largest absolute Gasteiger partial charge is 0.495 e. The lowest BCUT2D eigenvalue weighted by atomic mass is 10.2. The van der Waals surface area contributed by atoms with Crippen LogP contribution in [0.3, 0.4) is 0 Å². The van der Waals surface area contributed by atoms with Gasteiger partial charge in [-0.3, -0.25) is 14.2 Å². The summed E-state index contributed by atoms with van der Waals surface area (Å²) in [6.45, 7) is 0.350. The minimum absolute atomic E-state index is 0.214. The predicted octanol–water partition coefficient (Wildman–Crippen LogP) is 0.142. The molecule has 0 unspecified atom stereocenters. The van der Waals surface area contributed by atoms with E-state index in [-0.39, 0.29) is 11.2 Å². The zero-order valence-corrected chi connectivity index (χ0v) is 14.7. The fraction of sp³-hybridized carbons (Fsp3) is 0.294. The average molecular weight is 371 g/mol. The average Bonchev–Trinajstić information content (AvgIpc) is 3.22. The van der Waals surface area contributed by atoms with E-state index in [9.17, 15) is 14.4 Å². The van der Waals surface area contributed by atoms with E-state index in [1.54, 1.807) is 11.7 Å². The number of benzene rings is 1. The van der Waals surface area contributed by atoms with E-state index < -0.39 is 23.8 Å². The first-order valence-electron chi connectivity index (χ1n) is 8.26. The Balaban J connectivity index is 1.97. The molecule has 0 amide bonds. The van der Waals surface area contributed by atoms with Crippen LogP contribution < -0.4 is 20.9 Å². The van der Waals surface area contributed by atoms with Crippen molar-refractivity contribution >= 4 is 28.8 Å². The highest BCUT2D eigenvalue weighted by Gasteiger charge is 2.30. The second kappa shape index (κ2) is 6.01.